The van der Waals surface area contributed by atoms with Crippen molar-refractivity contribution >= 4 is 17.8 Å². The number of carboxylic acid groups (broad SMARTS) is 1. The molecule has 0 aromatic carbocycles. The molecule has 0 radical (unpaired) electrons. The molecule has 3 N–H and O–H groups in total. The number of carboxylic acids is 1. The van der Waals surface area contributed by atoms with E-state index in [0.717, 1.165) is 12.2 Å². The van der Waals surface area contributed by atoms with Crippen LogP contribution in [-0.4, -0.2) is 36.0 Å². The van der Waals surface area contributed by atoms with E-state index >= 15 is 0 Å². The Hall–Kier alpha value is -1.85. The average Bonchev–Trinajstić information content (AvgIpc) is 2.20. The molecule has 0 spiro atoms. The highest BCUT2D eigenvalue weighted by Crippen LogP contribution is 1.88. The summed E-state index contributed by atoms with van der Waals surface area (Å²) < 4.78 is 0. The summed E-state index contributed by atoms with van der Waals surface area (Å²) in [5.74, 6) is -1.86. The second-order valence-corrected chi connectivity index (χ2v) is 3.41. The van der Waals surface area contributed by atoms with Gasteiger partial charge in [-0.05, 0) is 0 Å². The van der Waals surface area contributed by atoms with E-state index < -0.39 is 11.9 Å². The van der Waals surface area contributed by atoms with Crippen molar-refractivity contribution in [1.29, 1.82) is 0 Å². The number of rotatable bonds is 6. The molecule has 0 atom stereocenters. The Morgan fingerprint density at radius 1 is 1.12 bits per heavy atom. The van der Waals surface area contributed by atoms with Crippen molar-refractivity contribution in [2.45, 2.75) is 13.8 Å². The second kappa shape index (κ2) is 7.44. The Balaban J connectivity index is 3.63. The molecule has 0 fully saturated rings. The first kappa shape index (κ1) is 14.2. The van der Waals surface area contributed by atoms with Gasteiger partial charge in [-0.25, -0.2) is 4.79 Å². The highest BCUT2D eigenvalue weighted by Gasteiger charge is 2.04. The standard InChI is InChI=1S/C10H16N2O4/c1-7(2)10(16)12-6-5-11-8(13)3-4-9(14)15/h3-4,7H,5-6H2,1-2H3,(H,11,13)(H,12,16)(H,14,15)/b4-3+. The molecule has 0 heterocycles. The number of nitrogens with one attached hydrogen (secondary N) is 2. The van der Waals surface area contributed by atoms with Crippen LogP contribution >= 0.6 is 0 Å². The molecule has 2 amide bonds. The van der Waals surface area contributed by atoms with Gasteiger partial charge in [0, 0.05) is 31.2 Å². The Labute approximate surface area is 93.7 Å². The summed E-state index contributed by atoms with van der Waals surface area (Å²) in [6.45, 7) is 4.12. The lowest BCUT2D eigenvalue weighted by molar-refractivity contribution is -0.131. The van der Waals surface area contributed by atoms with Gasteiger partial charge in [-0.3, -0.25) is 9.59 Å². The van der Waals surface area contributed by atoms with Crippen molar-refractivity contribution < 1.29 is 19.5 Å². The largest absolute Gasteiger partial charge is 0.478 e. The summed E-state index contributed by atoms with van der Waals surface area (Å²) in [6.07, 6.45) is 1.68. The maximum atomic E-state index is 11.1. The van der Waals surface area contributed by atoms with Gasteiger partial charge in [-0.1, -0.05) is 13.8 Å². The first-order valence-electron chi connectivity index (χ1n) is 4.90. The minimum absolute atomic E-state index is 0.0877. The van der Waals surface area contributed by atoms with Gasteiger partial charge in [-0.15, -0.1) is 0 Å². The van der Waals surface area contributed by atoms with E-state index in [1.807, 2.05) is 0 Å². The quantitative estimate of drug-likeness (QED) is 0.422. The number of hydrogen-bond donors (Lipinski definition) is 3. The van der Waals surface area contributed by atoms with E-state index in [1.54, 1.807) is 13.8 Å². The summed E-state index contributed by atoms with van der Waals surface area (Å²) in [5, 5.41) is 13.3. The van der Waals surface area contributed by atoms with E-state index in [2.05, 4.69) is 10.6 Å². The first-order chi connectivity index (χ1) is 7.43. The fraction of sp³-hybridized carbons (Fsp3) is 0.500. The van der Waals surface area contributed by atoms with E-state index in [4.69, 9.17) is 5.11 Å². The third-order valence-electron chi connectivity index (χ3n) is 1.63. The maximum Gasteiger partial charge on any atom is 0.328 e. The molecule has 0 unspecified atom stereocenters. The summed E-state index contributed by atoms with van der Waals surface area (Å²) in [6, 6.07) is 0. The van der Waals surface area contributed by atoms with E-state index in [1.165, 1.54) is 0 Å². The second-order valence-electron chi connectivity index (χ2n) is 3.41. The molecule has 0 aliphatic rings. The summed E-state index contributed by atoms with van der Waals surface area (Å²) in [5.41, 5.74) is 0. The monoisotopic (exact) mass is 228 g/mol. The molecule has 90 valence electrons. The van der Waals surface area contributed by atoms with Gasteiger partial charge < -0.3 is 15.7 Å². The molecule has 0 rings (SSSR count). The van der Waals surface area contributed by atoms with Crippen LogP contribution in [-0.2, 0) is 14.4 Å². The lowest BCUT2D eigenvalue weighted by Gasteiger charge is -2.07. The highest BCUT2D eigenvalue weighted by molar-refractivity contribution is 5.93. The lowest BCUT2D eigenvalue weighted by Crippen LogP contribution is -2.35. The topological polar surface area (TPSA) is 95.5 Å². The van der Waals surface area contributed by atoms with Crippen molar-refractivity contribution in [3.05, 3.63) is 12.2 Å². The number of carbonyl (C=O) groups is 3. The van der Waals surface area contributed by atoms with Crippen LogP contribution in [0.15, 0.2) is 12.2 Å². The Bertz CT molecular complexity index is 297. The average molecular weight is 228 g/mol. The molecule has 0 bridgehead atoms. The smallest absolute Gasteiger partial charge is 0.328 e. The Kier molecular flexibility index (Phi) is 6.58. The van der Waals surface area contributed by atoms with Crippen LogP contribution in [0.3, 0.4) is 0 Å². The maximum absolute atomic E-state index is 11.1. The first-order valence-corrected chi connectivity index (χ1v) is 4.90. The Morgan fingerprint density at radius 3 is 2.19 bits per heavy atom. The molecular formula is C10H16N2O4. The molecule has 0 aliphatic heterocycles. The molecule has 16 heavy (non-hydrogen) atoms. The molecule has 6 heteroatoms. The number of aliphatic carboxylic acids is 1. The zero-order valence-corrected chi connectivity index (χ0v) is 9.32. The summed E-state index contributed by atoms with van der Waals surface area (Å²) in [7, 11) is 0. The van der Waals surface area contributed by atoms with Gasteiger partial charge in [0.25, 0.3) is 0 Å². The lowest BCUT2D eigenvalue weighted by atomic mass is 10.2. The zero-order valence-electron chi connectivity index (χ0n) is 9.32. The molecule has 0 saturated heterocycles. The fourth-order valence-electron chi connectivity index (χ4n) is 0.781. The number of hydrogen-bond acceptors (Lipinski definition) is 3. The third-order valence-corrected chi connectivity index (χ3v) is 1.63. The van der Waals surface area contributed by atoms with E-state index in [9.17, 15) is 14.4 Å². The predicted octanol–water partition coefficient (Wildman–Crippen LogP) is -0.484. The van der Waals surface area contributed by atoms with Gasteiger partial charge in [0.2, 0.25) is 11.8 Å². The molecule has 0 saturated carbocycles. The van der Waals surface area contributed by atoms with Crippen molar-refractivity contribution in [1.82, 2.24) is 10.6 Å². The number of carbonyl (C=O) groups excluding carboxylic acids is 2. The zero-order chi connectivity index (χ0) is 12.6. The van der Waals surface area contributed by atoms with Gasteiger partial charge in [0.15, 0.2) is 0 Å². The highest BCUT2D eigenvalue weighted by atomic mass is 16.4. The van der Waals surface area contributed by atoms with Crippen LogP contribution in [0, 0.1) is 5.92 Å². The van der Waals surface area contributed by atoms with Gasteiger partial charge in [-0.2, -0.15) is 0 Å². The molecule has 0 aromatic rings. The van der Waals surface area contributed by atoms with Crippen molar-refractivity contribution in [2.75, 3.05) is 13.1 Å². The van der Waals surface area contributed by atoms with E-state index in [0.29, 0.717) is 6.54 Å². The molecular weight excluding hydrogens is 212 g/mol. The van der Waals surface area contributed by atoms with Gasteiger partial charge in [0.1, 0.15) is 0 Å². The minimum Gasteiger partial charge on any atom is -0.478 e. The van der Waals surface area contributed by atoms with Crippen molar-refractivity contribution in [2.24, 2.45) is 5.92 Å². The van der Waals surface area contributed by atoms with Crippen LogP contribution in [0.4, 0.5) is 0 Å². The van der Waals surface area contributed by atoms with Gasteiger partial charge >= 0.3 is 5.97 Å². The SMILES string of the molecule is CC(C)C(=O)NCCNC(=O)/C=C/C(=O)O. The predicted molar refractivity (Wildman–Crippen MR) is 57.6 cm³/mol. The fourth-order valence-corrected chi connectivity index (χ4v) is 0.781. The van der Waals surface area contributed by atoms with Gasteiger partial charge in [0.05, 0.1) is 0 Å². The van der Waals surface area contributed by atoms with Crippen molar-refractivity contribution in [3.8, 4) is 0 Å². The van der Waals surface area contributed by atoms with Crippen LogP contribution in [0.1, 0.15) is 13.8 Å². The third kappa shape index (κ3) is 7.54. The number of amides is 2. The van der Waals surface area contributed by atoms with Crippen LogP contribution in [0.2, 0.25) is 0 Å². The normalized spacial score (nSPS) is 10.4. The molecule has 0 aliphatic carbocycles. The van der Waals surface area contributed by atoms with E-state index in [-0.39, 0.29) is 18.4 Å². The summed E-state index contributed by atoms with van der Waals surface area (Å²) >= 11 is 0. The van der Waals surface area contributed by atoms with Crippen LogP contribution in [0.25, 0.3) is 0 Å². The molecule has 6 nitrogen and oxygen atoms in total. The van der Waals surface area contributed by atoms with Crippen LogP contribution < -0.4 is 10.6 Å². The minimum atomic E-state index is -1.18. The van der Waals surface area contributed by atoms with Crippen molar-refractivity contribution in [3.63, 3.8) is 0 Å². The van der Waals surface area contributed by atoms with Crippen LogP contribution in [0.5, 0.6) is 0 Å². The Morgan fingerprint density at radius 2 is 1.69 bits per heavy atom. The summed E-state index contributed by atoms with van der Waals surface area (Å²) in [4.78, 5) is 32.1. The molecule has 0 aromatic heterocycles.